The summed E-state index contributed by atoms with van der Waals surface area (Å²) in [4.78, 5) is 0. The number of hydrogen-bond donors (Lipinski definition) is 3. The molecule has 21 heavy (non-hydrogen) atoms. The summed E-state index contributed by atoms with van der Waals surface area (Å²) in [7, 11) is 0. The van der Waals surface area contributed by atoms with E-state index in [-0.39, 0.29) is 23.0 Å². The summed E-state index contributed by atoms with van der Waals surface area (Å²) < 4.78 is 0. The first-order valence-electron chi connectivity index (χ1n) is 8.23. The zero-order chi connectivity index (χ0) is 14.8. The van der Waals surface area contributed by atoms with Gasteiger partial charge in [-0.1, -0.05) is 6.92 Å². The average molecular weight is 288 g/mol. The molecule has 2 saturated carbocycles. The molecule has 1 aromatic rings. The Morgan fingerprint density at radius 1 is 1.10 bits per heavy atom. The Hall–Kier alpha value is -1.22. The molecule has 114 valence electrons. The minimum Gasteiger partial charge on any atom is -0.508 e. The minimum absolute atomic E-state index is 0.0746. The fraction of sp³-hybridized carbons (Fsp3) is 0.667. The Balaban J connectivity index is 1.75. The monoisotopic (exact) mass is 288 g/mol. The Morgan fingerprint density at radius 3 is 2.71 bits per heavy atom. The zero-order valence-corrected chi connectivity index (χ0v) is 12.5. The first-order valence-corrected chi connectivity index (χ1v) is 8.23. The first kappa shape index (κ1) is 13.4. The van der Waals surface area contributed by atoms with E-state index < -0.39 is 0 Å². The van der Waals surface area contributed by atoms with E-state index in [1.165, 1.54) is 6.07 Å². The van der Waals surface area contributed by atoms with Crippen molar-refractivity contribution in [3.05, 3.63) is 23.3 Å². The third-order valence-electron chi connectivity index (χ3n) is 6.73. The lowest BCUT2D eigenvalue weighted by Gasteiger charge is -2.50. The van der Waals surface area contributed by atoms with Gasteiger partial charge in [0, 0.05) is 11.6 Å². The highest BCUT2D eigenvalue weighted by Gasteiger charge is 2.54. The van der Waals surface area contributed by atoms with Crippen LogP contribution in [0.25, 0.3) is 0 Å². The standard InChI is InChI=1S/C18H24O3/c1-18-7-6-13-12(14(18)4-5-16(18)21)3-2-10-8-11(19)9-15(20)17(10)13/h8-9,12-14,16,19-21H,2-7H2,1H3/t12-,13+,14+,16?,18+/m1/s1. The van der Waals surface area contributed by atoms with Crippen LogP contribution in [0, 0.1) is 17.3 Å². The summed E-state index contributed by atoms with van der Waals surface area (Å²) in [6, 6.07) is 3.31. The molecular weight excluding hydrogens is 264 g/mol. The van der Waals surface area contributed by atoms with Crippen LogP contribution in [0.2, 0.25) is 0 Å². The zero-order valence-electron chi connectivity index (χ0n) is 12.5. The van der Waals surface area contributed by atoms with Gasteiger partial charge in [-0.3, -0.25) is 0 Å². The summed E-state index contributed by atoms with van der Waals surface area (Å²) >= 11 is 0. The lowest BCUT2D eigenvalue weighted by Crippen LogP contribution is -2.43. The van der Waals surface area contributed by atoms with Gasteiger partial charge in [0.05, 0.1) is 6.10 Å². The van der Waals surface area contributed by atoms with Crippen molar-refractivity contribution in [1.29, 1.82) is 0 Å². The SMILES string of the molecule is C[C@]12CC[C@@H]3c4c(O)cc(O)cc4CC[C@H]3[C@@H]1CCC2O. The van der Waals surface area contributed by atoms with Gasteiger partial charge in [-0.25, -0.2) is 0 Å². The van der Waals surface area contributed by atoms with Crippen molar-refractivity contribution >= 4 is 0 Å². The predicted octanol–water partition coefficient (Wildman–Crippen LogP) is 3.31. The molecule has 5 atom stereocenters. The van der Waals surface area contributed by atoms with Gasteiger partial charge in [0.25, 0.3) is 0 Å². The summed E-state index contributed by atoms with van der Waals surface area (Å²) in [6.45, 7) is 2.26. The van der Waals surface area contributed by atoms with Crippen LogP contribution in [0.3, 0.4) is 0 Å². The van der Waals surface area contributed by atoms with Crippen LogP contribution in [0.4, 0.5) is 0 Å². The molecule has 1 unspecified atom stereocenters. The van der Waals surface area contributed by atoms with E-state index in [1.807, 2.05) is 6.07 Å². The highest BCUT2D eigenvalue weighted by atomic mass is 16.3. The van der Waals surface area contributed by atoms with Crippen LogP contribution in [-0.2, 0) is 6.42 Å². The smallest absolute Gasteiger partial charge is 0.123 e. The molecule has 0 heterocycles. The van der Waals surface area contributed by atoms with Crippen LogP contribution in [-0.4, -0.2) is 21.4 Å². The normalized spacial score (nSPS) is 41.2. The van der Waals surface area contributed by atoms with Crippen molar-refractivity contribution in [2.75, 3.05) is 0 Å². The van der Waals surface area contributed by atoms with E-state index in [0.717, 1.165) is 49.7 Å². The van der Waals surface area contributed by atoms with Gasteiger partial charge < -0.3 is 15.3 Å². The molecule has 0 aromatic heterocycles. The molecule has 1 aromatic carbocycles. The molecule has 4 rings (SSSR count). The molecule has 0 bridgehead atoms. The molecule has 3 nitrogen and oxygen atoms in total. The molecular formula is C18H24O3. The minimum atomic E-state index is -0.154. The highest BCUT2D eigenvalue weighted by molar-refractivity contribution is 5.49. The molecule has 0 amide bonds. The lowest BCUT2D eigenvalue weighted by molar-refractivity contribution is -0.0229. The fourth-order valence-corrected chi connectivity index (χ4v) is 5.66. The van der Waals surface area contributed by atoms with E-state index in [0.29, 0.717) is 17.8 Å². The number of phenolic OH excluding ortho intramolecular Hbond substituents is 2. The van der Waals surface area contributed by atoms with Crippen LogP contribution < -0.4 is 0 Å². The van der Waals surface area contributed by atoms with Gasteiger partial charge in [-0.2, -0.15) is 0 Å². The van der Waals surface area contributed by atoms with Gasteiger partial charge in [0.1, 0.15) is 11.5 Å². The van der Waals surface area contributed by atoms with Crippen LogP contribution >= 0.6 is 0 Å². The van der Waals surface area contributed by atoms with E-state index in [2.05, 4.69) is 6.92 Å². The highest BCUT2D eigenvalue weighted by Crippen LogP contribution is 2.61. The molecule has 0 aliphatic heterocycles. The maximum atomic E-state index is 10.4. The average Bonchev–Trinajstić information content (AvgIpc) is 2.74. The molecule has 3 aliphatic rings. The Morgan fingerprint density at radius 2 is 1.90 bits per heavy atom. The third-order valence-corrected chi connectivity index (χ3v) is 6.73. The Kier molecular flexibility index (Phi) is 2.81. The number of aliphatic hydroxyl groups excluding tert-OH is 1. The third kappa shape index (κ3) is 1.76. The molecule has 3 heteroatoms. The van der Waals surface area contributed by atoms with E-state index in [1.54, 1.807) is 0 Å². The number of phenols is 2. The second-order valence-corrected chi connectivity index (χ2v) is 7.59. The molecule has 3 N–H and O–H groups in total. The first-order chi connectivity index (χ1) is 10.0. The quantitative estimate of drug-likeness (QED) is 0.686. The summed E-state index contributed by atoms with van der Waals surface area (Å²) in [5.74, 6) is 1.98. The number of fused-ring (bicyclic) bond motifs is 5. The van der Waals surface area contributed by atoms with E-state index in [9.17, 15) is 15.3 Å². The molecule has 0 spiro atoms. The topological polar surface area (TPSA) is 60.7 Å². The lowest BCUT2D eigenvalue weighted by atomic mass is 9.55. The largest absolute Gasteiger partial charge is 0.508 e. The molecule has 0 saturated heterocycles. The predicted molar refractivity (Wildman–Crippen MR) is 80.4 cm³/mol. The second-order valence-electron chi connectivity index (χ2n) is 7.59. The number of rotatable bonds is 0. The summed E-state index contributed by atoms with van der Waals surface area (Å²) in [5.41, 5.74) is 2.27. The number of aromatic hydroxyl groups is 2. The Bertz CT molecular complexity index is 582. The van der Waals surface area contributed by atoms with Gasteiger partial charge >= 0.3 is 0 Å². The number of aliphatic hydroxyl groups is 1. The van der Waals surface area contributed by atoms with Crippen molar-refractivity contribution in [3.63, 3.8) is 0 Å². The number of benzene rings is 1. The molecule has 2 fully saturated rings. The van der Waals surface area contributed by atoms with E-state index in [4.69, 9.17) is 0 Å². The number of hydrogen-bond acceptors (Lipinski definition) is 3. The van der Waals surface area contributed by atoms with Gasteiger partial charge in [0.15, 0.2) is 0 Å². The van der Waals surface area contributed by atoms with Crippen molar-refractivity contribution in [2.24, 2.45) is 17.3 Å². The van der Waals surface area contributed by atoms with Crippen LogP contribution in [0.5, 0.6) is 11.5 Å². The van der Waals surface area contributed by atoms with Crippen molar-refractivity contribution in [1.82, 2.24) is 0 Å². The Labute approximate surface area is 125 Å². The summed E-state index contributed by atoms with van der Waals surface area (Å²) in [6.07, 6.45) is 6.03. The van der Waals surface area contributed by atoms with Gasteiger partial charge in [-0.15, -0.1) is 0 Å². The van der Waals surface area contributed by atoms with E-state index >= 15 is 0 Å². The fourth-order valence-electron chi connectivity index (χ4n) is 5.66. The maximum absolute atomic E-state index is 10.4. The maximum Gasteiger partial charge on any atom is 0.123 e. The van der Waals surface area contributed by atoms with Crippen LogP contribution in [0.15, 0.2) is 12.1 Å². The van der Waals surface area contributed by atoms with Crippen LogP contribution in [0.1, 0.15) is 56.1 Å². The summed E-state index contributed by atoms with van der Waals surface area (Å²) in [5, 5.41) is 30.4. The van der Waals surface area contributed by atoms with Gasteiger partial charge in [-0.05, 0) is 73.3 Å². The second kappa shape index (κ2) is 4.39. The van der Waals surface area contributed by atoms with Crippen molar-refractivity contribution < 1.29 is 15.3 Å². The molecule has 3 aliphatic carbocycles. The van der Waals surface area contributed by atoms with Crippen molar-refractivity contribution in [2.45, 2.75) is 57.5 Å². The number of aryl methyl sites for hydroxylation is 1. The van der Waals surface area contributed by atoms with Gasteiger partial charge in [0.2, 0.25) is 0 Å². The van der Waals surface area contributed by atoms with Crippen molar-refractivity contribution in [3.8, 4) is 11.5 Å². The molecule has 0 radical (unpaired) electrons.